The van der Waals surface area contributed by atoms with Crippen LogP contribution in [0.1, 0.15) is 57.3 Å². The number of rotatable bonds is 12. The van der Waals surface area contributed by atoms with E-state index in [1.165, 1.54) is 14.2 Å². The van der Waals surface area contributed by atoms with Crippen molar-refractivity contribution < 1.29 is 29.1 Å². The molecule has 0 aliphatic rings. The zero-order valence-electron chi connectivity index (χ0n) is 18.7. The standard InChI is InChI=1S/C22H34N2O6/c1-7-8-9-15(13-24(28)14-25)21(27)23-20(22(2,3)4)19(26)17-11-10-16(29-5)12-18(17)30-6/h10-12,14-15,20,28H,7-9,13H2,1-6H3,(H,23,27). The Hall–Kier alpha value is -2.61. The molecule has 8 nitrogen and oxygen atoms in total. The molecule has 2 atom stereocenters. The molecule has 1 aromatic carbocycles. The normalized spacial score (nSPS) is 13.2. The Balaban J connectivity index is 3.18. The maximum atomic E-state index is 13.4. The first kappa shape index (κ1) is 25.4. The van der Waals surface area contributed by atoms with E-state index in [0.717, 1.165) is 12.8 Å². The van der Waals surface area contributed by atoms with Crippen molar-refractivity contribution in [3.05, 3.63) is 23.8 Å². The van der Waals surface area contributed by atoms with Crippen molar-refractivity contribution in [3.8, 4) is 11.5 Å². The van der Waals surface area contributed by atoms with Gasteiger partial charge < -0.3 is 14.8 Å². The SMILES string of the molecule is CCCCC(CN(O)C=O)C(=O)NC(C(=O)c1ccc(OC)cc1OC)C(C)(C)C. The lowest BCUT2D eigenvalue weighted by atomic mass is 9.81. The Morgan fingerprint density at radius 2 is 1.90 bits per heavy atom. The number of carbonyl (C=O) groups excluding carboxylic acids is 3. The van der Waals surface area contributed by atoms with Crippen molar-refractivity contribution in [2.45, 2.75) is 53.0 Å². The molecular weight excluding hydrogens is 388 g/mol. The van der Waals surface area contributed by atoms with Gasteiger partial charge in [0.2, 0.25) is 12.3 Å². The molecule has 0 heterocycles. The van der Waals surface area contributed by atoms with Crippen LogP contribution in [0.25, 0.3) is 0 Å². The zero-order valence-corrected chi connectivity index (χ0v) is 18.7. The van der Waals surface area contributed by atoms with Gasteiger partial charge in [-0.25, -0.2) is 5.06 Å². The number of nitrogens with one attached hydrogen (secondary N) is 1. The highest BCUT2D eigenvalue weighted by molar-refractivity contribution is 6.04. The van der Waals surface area contributed by atoms with Crippen molar-refractivity contribution in [3.63, 3.8) is 0 Å². The van der Waals surface area contributed by atoms with E-state index in [2.05, 4.69) is 5.32 Å². The monoisotopic (exact) mass is 422 g/mol. The van der Waals surface area contributed by atoms with Crippen molar-refractivity contribution >= 4 is 18.1 Å². The molecular formula is C22H34N2O6. The molecule has 8 heteroatoms. The van der Waals surface area contributed by atoms with Crippen molar-refractivity contribution in [1.82, 2.24) is 10.4 Å². The highest BCUT2D eigenvalue weighted by Gasteiger charge is 2.36. The van der Waals surface area contributed by atoms with Gasteiger partial charge in [0.25, 0.3) is 0 Å². The fraction of sp³-hybridized carbons (Fsp3) is 0.591. The van der Waals surface area contributed by atoms with Gasteiger partial charge in [-0.05, 0) is 24.0 Å². The molecule has 0 spiro atoms. The van der Waals surface area contributed by atoms with Crippen LogP contribution < -0.4 is 14.8 Å². The van der Waals surface area contributed by atoms with Gasteiger partial charge in [-0.15, -0.1) is 0 Å². The summed E-state index contributed by atoms with van der Waals surface area (Å²) >= 11 is 0. The van der Waals surface area contributed by atoms with Crippen LogP contribution in [0.2, 0.25) is 0 Å². The lowest BCUT2D eigenvalue weighted by Gasteiger charge is -2.32. The molecule has 0 aromatic heterocycles. The second-order valence-electron chi connectivity index (χ2n) is 8.30. The first-order chi connectivity index (χ1) is 14.1. The van der Waals surface area contributed by atoms with Gasteiger partial charge in [0, 0.05) is 6.07 Å². The van der Waals surface area contributed by atoms with Crippen LogP contribution in [0.4, 0.5) is 0 Å². The van der Waals surface area contributed by atoms with E-state index >= 15 is 0 Å². The predicted octanol–water partition coefficient (Wildman–Crippen LogP) is 3.07. The molecule has 0 radical (unpaired) electrons. The Bertz CT molecular complexity index is 729. The molecule has 30 heavy (non-hydrogen) atoms. The lowest BCUT2D eigenvalue weighted by Crippen LogP contribution is -2.52. The average Bonchev–Trinajstić information content (AvgIpc) is 2.72. The number of ether oxygens (including phenoxy) is 2. The van der Waals surface area contributed by atoms with E-state index in [4.69, 9.17) is 9.47 Å². The number of unbranched alkanes of at least 4 members (excludes halogenated alkanes) is 1. The van der Waals surface area contributed by atoms with Gasteiger partial charge in [-0.3, -0.25) is 19.6 Å². The van der Waals surface area contributed by atoms with Crippen LogP contribution in [0.15, 0.2) is 18.2 Å². The minimum Gasteiger partial charge on any atom is -0.497 e. The van der Waals surface area contributed by atoms with E-state index < -0.39 is 17.4 Å². The number of carbonyl (C=O) groups is 3. The molecule has 2 unspecified atom stereocenters. The van der Waals surface area contributed by atoms with Gasteiger partial charge in [0.15, 0.2) is 5.78 Å². The average molecular weight is 423 g/mol. The van der Waals surface area contributed by atoms with Crippen molar-refractivity contribution in [2.24, 2.45) is 11.3 Å². The molecule has 0 fully saturated rings. The summed E-state index contributed by atoms with van der Waals surface area (Å²) in [5.41, 5.74) is -0.253. The maximum Gasteiger partial charge on any atom is 0.233 e. The molecule has 2 N–H and O–H groups in total. The number of hydrogen-bond acceptors (Lipinski definition) is 6. The summed E-state index contributed by atoms with van der Waals surface area (Å²) in [5.74, 6) is -0.398. The highest BCUT2D eigenvalue weighted by Crippen LogP contribution is 2.30. The largest absolute Gasteiger partial charge is 0.497 e. The predicted molar refractivity (Wildman–Crippen MR) is 113 cm³/mol. The van der Waals surface area contributed by atoms with E-state index in [9.17, 15) is 19.6 Å². The first-order valence-corrected chi connectivity index (χ1v) is 10.1. The van der Waals surface area contributed by atoms with E-state index in [1.54, 1.807) is 18.2 Å². The van der Waals surface area contributed by atoms with Crippen LogP contribution in [0.5, 0.6) is 11.5 Å². The molecule has 1 rings (SSSR count). The van der Waals surface area contributed by atoms with Gasteiger partial charge in [-0.1, -0.05) is 40.5 Å². The number of benzene rings is 1. The molecule has 0 aliphatic heterocycles. The molecule has 0 bridgehead atoms. The third-order valence-electron chi connectivity index (χ3n) is 4.90. The highest BCUT2D eigenvalue weighted by atomic mass is 16.5. The second kappa shape index (κ2) is 11.5. The number of amides is 2. The molecule has 0 saturated heterocycles. The third kappa shape index (κ3) is 7.02. The Labute approximate surface area is 178 Å². The minimum atomic E-state index is -0.834. The molecule has 1 aromatic rings. The van der Waals surface area contributed by atoms with Gasteiger partial charge in [-0.2, -0.15) is 0 Å². The fourth-order valence-electron chi connectivity index (χ4n) is 3.12. The summed E-state index contributed by atoms with van der Waals surface area (Å²) in [7, 11) is 2.99. The van der Waals surface area contributed by atoms with E-state index in [0.29, 0.717) is 28.5 Å². The smallest absolute Gasteiger partial charge is 0.233 e. The number of methoxy groups -OCH3 is 2. The summed E-state index contributed by atoms with van der Waals surface area (Å²) in [5, 5.41) is 12.9. The summed E-state index contributed by atoms with van der Waals surface area (Å²) in [6.07, 6.45) is 2.37. The topological polar surface area (TPSA) is 105 Å². The van der Waals surface area contributed by atoms with Gasteiger partial charge in [0.1, 0.15) is 11.5 Å². The number of Topliss-reactive ketones (excluding diaryl/α,β-unsaturated/α-hetero) is 1. The molecule has 2 amide bonds. The Morgan fingerprint density at radius 1 is 1.23 bits per heavy atom. The fourth-order valence-corrected chi connectivity index (χ4v) is 3.12. The van der Waals surface area contributed by atoms with Crippen LogP contribution >= 0.6 is 0 Å². The molecule has 0 saturated carbocycles. The molecule has 168 valence electrons. The lowest BCUT2D eigenvalue weighted by molar-refractivity contribution is -0.154. The van der Waals surface area contributed by atoms with Crippen LogP contribution in [-0.2, 0) is 9.59 Å². The maximum absolute atomic E-state index is 13.4. The zero-order chi connectivity index (χ0) is 22.9. The number of hydroxylamine groups is 2. The van der Waals surface area contributed by atoms with Crippen LogP contribution in [-0.4, -0.2) is 55.2 Å². The van der Waals surface area contributed by atoms with Gasteiger partial charge >= 0.3 is 0 Å². The first-order valence-electron chi connectivity index (χ1n) is 10.1. The van der Waals surface area contributed by atoms with Crippen LogP contribution in [0.3, 0.4) is 0 Å². The molecule has 0 aliphatic carbocycles. The minimum absolute atomic E-state index is 0.133. The van der Waals surface area contributed by atoms with Gasteiger partial charge in [0.05, 0.1) is 38.3 Å². The van der Waals surface area contributed by atoms with Crippen LogP contribution in [0, 0.1) is 11.3 Å². The number of nitrogens with zero attached hydrogens (tertiary/aromatic N) is 1. The summed E-state index contributed by atoms with van der Waals surface area (Å²) in [4.78, 5) is 37.2. The summed E-state index contributed by atoms with van der Waals surface area (Å²) < 4.78 is 10.5. The summed E-state index contributed by atoms with van der Waals surface area (Å²) in [6, 6.07) is 4.06. The van der Waals surface area contributed by atoms with E-state index in [-0.39, 0.29) is 24.6 Å². The third-order valence-corrected chi connectivity index (χ3v) is 4.90. The number of ketones is 1. The summed E-state index contributed by atoms with van der Waals surface area (Å²) in [6.45, 7) is 7.43. The second-order valence-corrected chi connectivity index (χ2v) is 8.30. The van der Waals surface area contributed by atoms with Crippen molar-refractivity contribution in [2.75, 3.05) is 20.8 Å². The van der Waals surface area contributed by atoms with Crippen molar-refractivity contribution in [1.29, 1.82) is 0 Å². The quantitative estimate of drug-likeness (QED) is 0.232. The Kier molecular flexibility index (Phi) is 9.78. The Morgan fingerprint density at radius 3 is 2.40 bits per heavy atom. The van der Waals surface area contributed by atoms with E-state index in [1.807, 2.05) is 27.7 Å². The number of hydrogen-bond donors (Lipinski definition) is 2.